The zero-order valence-corrected chi connectivity index (χ0v) is 13.8. The van der Waals surface area contributed by atoms with Gasteiger partial charge >= 0.3 is 5.97 Å². The first-order valence-corrected chi connectivity index (χ1v) is 7.52. The number of carbonyl (C=O) groups is 2. The minimum atomic E-state index is -0.544. The number of nitrogens with one attached hydrogen (secondary N) is 1. The number of aryl methyl sites for hydroxylation is 1. The molecule has 0 saturated carbocycles. The summed E-state index contributed by atoms with van der Waals surface area (Å²) in [4.78, 5) is 27.9. The summed E-state index contributed by atoms with van der Waals surface area (Å²) < 4.78 is 5.81. The van der Waals surface area contributed by atoms with Crippen LogP contribution in [0.3, 0.4) is 0 Å². The summed E-state index contributed by atoms with van der Waals surface area (Å²) in [7, 11) is 0. The van der Waals surface area contributed by atoms with E-state index in [0.29, 0.717) is 5.69 Å². The van der Waals surface area contributed by atoms with Crippen molar-refractivity contribution in [3.8, 4) is 0 Å². The van der Waals surface area contributed by atoms with E-state index in [1.807, 2.05) is 19.1 Å². The number of esters is 1. The predicted octanol–water partition coefficient (Wildman–Crippen LogP) is 3.58. The summed E-state index contributed by atoms with van der Waals surface area (Å²) in [5.41, 5.74) is 1.88. The van der Waals surface area contributed by atoms with Gasteiger partial charge in [-0.15, -0.1) is 0 Å². The van der Waals surface area contributed by atoms with E-state index in [2.05, 4.69) is 26.2 Å². The fourth-order valence-corrected chi connectivity index (χ4v) is 2.31. The molecular formula is C16H15BrN2O3. The Morgan fingerprint density at radius 2 is 1.95 bits per heavy atom. The van der Waals surface area contributed by atoms with E-state index < -0.39 is 5.97 Å². The minimum Gasteiger partial charge on any atom is -0.461 e. The second-order valence-corrected chi connectivity index (χ2v) is 5.46. The number of carbonyl (C=O) groups excluding carboxylic acids is 2. The van der Waals surface area contributed by atoms with Crippen molar-refractivity contribution in [1.82, 2.24) is 4.98 Å². The van der Waals surface area contributed by atoms with Crippen LogP contribution in [-0.4, -0.2) is 23.5 Å². The number of amides is 1. The number of anilines is 1. The highest BCUT2D eigenvalue weighted by Crippen LogP contribution is 2.20. The van der Waals surface area contributed by atoms with Crippen LogP contribution in [0.1, 0.15) is 33.5 Å². The predicted molar refractivity (Wildman–Crippen MR) is 87.0 cm³/mol. The van der Waals surface area contributed by atoms with E-state index in [4.69, 9.17) is 4.74 Å². The summed E-state index contributed by atoms with van der Waals surface area (Å²) in [6.45, 7) is 3.86. The number of hydrogen-bond acceptors (Lipinski definition) is 4. The van der Waals surface area contributed by atoms with Crippen LogP contribution in [0.25, 0.3) is 0 Å². The summed E-state index contributed by atoms with van der Waals surface area (Å²) in [6, 6.07) is 10.2. The van der Waals surface area contributed by atoms with Gasteiger partial charge in [-0.3, -0.25) is 4.79 Å². The number of benzene rings is 1. The molecule has 114 valence electrons. The molecule has 1 aromatic carbocycles. The van der Waals surface area contributed by atoms with Crippen molar-refractivity contribution in [1.29, 1.82) is 0 Å². The lowest BCUT2D eigenvalue weighted by atomic mass is 10.2. The SMILES string of the molecule is CCOC(=O)c1cccc(C(=O)Nc2ccc(Br)cc2C)n1. The lowest BCUT2D eigenvalue weighted by molar-refractivity contribution is 0.0519. The van der Waals surface area contributed by atoms with Crippen molar-refractivity contribution in [2.45, 2.75) is 13.8 Å². The maximum atomic E-state index is 12.2. The van der Waals surface area contributed by atoms with E-state index >= 15 is 0 Å². The van der Waals surface area contributed by atoms with Crippen LogP contribution >= 0.6 is 15.9 Å². The summed E-state index contributed by atoms with van der Waals surface area (Å²) in [5.74, 6) is -0.923. The molecule has 5 nitrogen and oxygen atoms in total. The van der Waals surface area contributed by atoms with Crippen molar-refractivity contribution >= 4 is 33.5 Å². The quantitative estimate of drug-likeness (QED) is 0.844. The average Bonchev–Trinajstić information content (AvgIpc) is 2.50. The molecule has 0 spiro atoms. The highest BCUT2D eigenvalue weighted by Gasteiger charge is 2.13. The Hall–Kier alpha value is -2.21. The molecule has 0 saturated heterocycles. The molecular weight excluding hydrogens is 348 g/mol. The van der Waals surface area contributed by atoms with Crippen molar-refractivity contribution < 1.29 is 14.3 Å². The first kappa shape index (κ1) is 16.2. The first-order chi connectivity index (χ1) is 10.5. The molecule has 0 fully saturated rings. The van der Waals surface area contributed by atoms with Crippen molar-refractivity contribution in [3.63, 3.8) is 0 Å². The number of rotatable bonds is 4. The van der Waals surface area contributed by atoms with Gasteiger partial charge in [0.1, 0.15) is 11.4 Å². The number of hydrogen-bond donors (Lipinski definition) is 1. The van der Waals surface area contributed by atoms with E-state index in [0.717, 1.165) is 10.0 Å². The van der Waals surface area contributed by atoms with E-state index in [1.54, 1.807) is 25.1 Å². The van der Waals surface area contributed by atoms with E-state index in [-0.39, 0.29) is 23.9 Å². The van der Waals surface area contributed by atoms with Gasteiger partial charge in [0.05, 0.1) is 6.61 Å². The standard InChI is InChI=1S/C16H15BrN2O3/c1-3-22-16(21)14-6-4-5-13(18-14)15(20)19-12-8-7-11(17)9-10(12)2/h4-9H,3H2,1-2H3,(H,19,20). The fourth-order valence-electron chi connectivity index (χ4n) is 1.83. The largest absolute Gasteiger partial charge is 0.461 e. The summed E-state index contributed by atoms with van der Waals surface area (Å²) in [6.07, 6.45) is 0. The molecule has 0 unspecified atom stereocenters. The van der Waals surface area contributed by atoms with Gasteiger partial charge in [0.2, 0.25) is 0 Å². The zero-order valence-electron chi connectivity index (χ0n) is 12.2. The molecule has 2 rings (SSSR count). The molecule has 6 heteroatoms. The Morgan fingerprint density at radius 3 is 2.64 bits per heavy atom. The van der Waals surface area contributed by atoms with Crippen LogP contribution in [0.2, 0.25) is 0 Å². The molecule has 1 heterocycles. The van der Waals surface area contributed by atoms with Crippen molar-refractivity contribution in [2.75, 3.05) is 11.9 Å². The highest BCUT2D eigenvalue weighted by molar-refractivity contribution is 9.10. The molecule has 0 bridgehead atoms. The molecule has 22 heavy (non-hydrogen) atoms. The maximum absolute atomic E-state index is 12.2. The smallest absolute Gasteiger partial charge is 0.356 e. The minimum absolute atomic E-state index is 0.113. The third kappa shape index (κ3) is 3.92. The number of ether oxygens (including phenoxy) is 1. The molecule has 1 aromatic heterocycles. The second kappa shape index (κ2) is 7.17. The molecule has 1 N–H and O–H groups in total. The Bertz CT molecular complexity index is 716. The van der Waals surface area contributed by atoms with Crippen molar-refractivity contribution in [2.24, 2.45) is 0 Å². The van der Waals surface area contributed by atoms with Gasteiger partial charge < -0.3 is 10.1 Å². The lowest BCUT2D eigenvalue weighted by Gasteiger charge is -2.09. The Labute approximate surface area is 136 Å². The van der Waals surface area contributed by atoms with Gasteiger partial charge in [-0.25, -0.2) is 9.78 Å². The average molecular weight is 363 g/mol. The van der Waals surface area contributed by atoms with Gasteiger partial charge in [-0.2, -0.15) is 0 Å². The number of pyridine rings is 1. The number of aromatic nitrogens is 1. The molecule has 2 aromatic rings. The fraction of sp³-hybridized carbons (Fsp3) is 0.188. The highest BCUT2D eigenvalue weighted by atomic mass is 79.9. The molecule has 0 aliphatic heterocycles. The monoisotopic (exact) mass is 362 g/mol. The van der Waals surface area contributed by atoms with Gasteiger partial charge in [-0.1, -0.05) is 22.0 Å². The summed E-state index contributed by atoms with van der Waals surface area (Å²) in [5, 5.41) is 2.78. The maximum Gasteiger partial charge on any atom is 0.356 e. The normalized spacial score (nSPS) is 10.1. The zero-order chi connectivity index (χ0) is 16.1. The Morgan fingerprint density at radius 1 is 1.23 bits per heavy atom. The van der Waals surface area contributed by atoms with Crippen LogP contribution in [0, 0.1) is 6.92 Å². The van der Waals surface area contributed by atoms with Crippen LogP contribution in [-0.2, 0) is 4.74 Å². The third-order valence-corrected chi connectivity index (χ3v) is 3.40. The van der Waals surface area contributed by atoms with Gasteiger partial charge in [-0.05, 0) is 49.7 Å². The summed E-state index contributed by atoms with van der Waals surface area (Å²) >= 11 is 3.37. The molecule has 0 aliphatic carbocycles. The molecule has 0 aliphatic rings. The van der Waals surface area contributed by atoms with Crippen LogP contribution in [0.15, 0.2) is 40.9 Å². The first-order valence-electron chi connectivity index (χ1n) is 6.73. The molecule has 0 atom stereocenters. The Kier molecular flexibility index (Phi) is 5.27. The van der Waals surface area contributed by atoms with E-state index in [1.165, 1.54) is 6.07 Å². The topological polar surface area (TPSA) is 68.3 Å². The van der Waals surface area contributed by atoms with Gasteiger partial charge in [0.25, 0.3) is 5.91 Å². The van der Waals surface area contributed by atoms with E-state index in [9.17, 15) is 9.59 Å². The second-order valence-electron chi connectivity index (χ2n) is 4.54. The van der Waals surface area contributed by atoms with Crippen LogP contribution in [0.4, 0.5) is 5.69 Å². The van der Waals surface area contributed by atoms with Crippen molar-refractivity contribution in [3.05, 3.63) is 57.8 Å². The molecule has 1 amide bonds. The van der Waals surface area contributed by atoms with Gasteiger partial charge in [0.15, 0.2) is 0 Å². The van der Waals surface area contributed by atoms with Crippen LogP contribution < -0.4 is 5.32 Å². The van der Waals surface area contributed by atoms with Crippen LogP contribution in [0.5, 0.6) is 0 Å². The van der Waals surface area contributed by atoms with Gasteiger partial charge in [0, 0.05) is 10.2 Å². The molecule has 0 radical (unpaired) electrons. The number of halogens is 1. The third-order valence-electron chi connectivity index (χ3n) is 2.90. The Balaban J connectivity index is 2.19. The number of nitrogens with zero attached hydrogens (tertiary/aromatic N) is 1. The lowest BCUT2D eigenvalue weighted by Crippen LogP contribution is -2.16.